The molecule has 0 saturated heterocycles. The Morgan fingerprint density at radius 1 is 0.833 bits per heavy atom. The van der Waals surface area contributed by atoms with E-state index in [-0.39, 0.29) is 11.2 Å². The Bertz CT molecular complexity index is 1110. The molecule has 3 nitrogen and oxygen atoms in total. The predicted octanol–water partition coefficient (Wildman–Crippen LogP) is 6.66. The quantitative estimate of drug-likeness (QED) is 0.340. The molecule has 5 heteroatoms. The van der Waals surface area contributed by atoms with Crippen molar-refractivity contribution in [1.29, 1.82) is 0 Å². The molecule has 0 fully saturated rings. The largest absolute Gasteiger partial charge is 0.270 e. The van der Waals surface area contributed by atoms with E-state index in [2.05, 4.69) is 55.2 Å². The molecule has 4 aromatic rings. The van der Waals surface area contributed by atoms with Gasteiger partial charge in [0.25, 0.3) is 0 Å². The lowest BCUT2D eigenvalue weighted by atomic mass is 9.87. The Balaban J connectivity index is 1.65. The summed E-state index contributed by atoms with van der Waals surface area (Å²) >= 11 is 1.62. The molecule has 1 aromatic heterocycles. The third-order valence-electron chi connectivity index (χ3n) is 4.94. The van der Waals surface area contributed by atoms with Gasteiger partial charge in [0.1, 0.15) is 5.82 Å². The van der Waals surface area contributed by atoms with E-state index in [1.165, 1.54) is 23.3 Å². The Morgan fingerprint density at radius 3 is 2.13 bits per heavy atom. The number of aromatic nitrogens is 3. The first kappa shape index (κ1) is 20.4. The van der Waals surface area contributed by atoms with Crippen LogP contribution in [-0.2, 0) is 11.2 Å². The Hall–Kier alpha value is -2.92. The lowest BCUT2D eigenvalue weighted by molar-refractivity contribution is 0.590. The van der Waals surface area contributed by atoms with E-state index in [0.29, 0.717) is 0 Å². The lowest BCUT2D eigenvalue weighted by Gasteiger charge is -2.19. The molecule has 0 atom stereocenters. The number of hydrogen-bond donors (Lipinski definition) is 0. The first-order valence-corrected chi connectivity index (χ1v) is 10.9. The Morgan fingerprint density at radius 2 is 1.50 bits per heavy atom. The summed E-state index contributed by atoms with van der Waals surface area (Å²) in [6.07, 6.45) is 0. The molecule has 3 aromatic carbocycles. The van der Waals surface area contributed by atoms with Crippen LogP contribution in [0.1, 0.15) is 31.9 Å². The van der Waals surface area contributed by atoms with E-state index < -0.39 is 0 Å². The van der Waals surface area contributed by atoms with E-state index in [1.54, 1.807) is 23.9 Å². The minimum absolute atomic E-state index is 0.138. The first-order valence-electron chi connectivity index (χ1n) is 9.91. The summed E-state index contributed by atoms with van der Waals surface area (Å²) in [5, 5.41) is 9.67. The fraction of sp³-hybridized carbons (Fsp3) is 0.200. The molecule has 1 heterocycles. The van der Waals surface area contributed by atoms with Crippen LogP contribution in [0.3, 0.4) is 0 Å². The first-order chi connectivity index (χ1) is 14.4. The van der Waals surface area contributed by atoms with Crippen molar-refractivity contribution in [2.45, 2.75) is 37.1 Å². The maximum Gasteiger partial charge on any atom is 0.196 e. The van der Waals surface area contributed by atoms with Crippen molar-refractivity contribution in [3.8, 4) is 17.1 Å². The minimum Gasteiger partial charge on any atom is -0.270 e. The van der Waals surface area contributed by atoms with Crippen molar-refractivity contribution in [1.82, 2.24) is 14.8 Å². The summed E-state index contributed by atoms with van der Waals surface area (Å²) in [5.41, 5.74) is 4.49. The molecule has 152 valence electrons. The molecule has 0 aliphatic rings. The molecule has 0 radical (unpaired) electrons. The highest BCUT2D eigenvalue weighted by atomic mass is 32.2. The lowest BCUT2D eigenvalue weighted by Crippen LogP contribution is -2.10. The van der Waals surface area contributed by atoms with E-state index >= 15 is 0 Å². The highest BCUT2D eigenvalue weighted by molar-refractivity contribution is 7.98. The van der Waals surface area contributed by atoms with E-state index in [9.17, 15) is 4.39 Å². The third-order valence-corrected chi connectivity index (χ3v) is 5.94. The number of rotatable bonds is 5. The number of halogens is 1. The van der Waals surface area contributed by atoms with Crippen LogP contribution in [0.5, 0.6) is 0 Å². The summed E-state index contributed by atoms with van der Waals surface area (Å²) in [6, 6.07) is 25.1. The molecular formula is C25H24FN3S. The normalized spacial score (nSPS) is 11.6. The second kappa shape index (κ2) is 8.44. The summed E-state index contributed by atoms with van der Waals surface area (Å²) in [5.74, 6) is 1.26. The van der Waals surface area contributed by atoms with Crippen LogP contribution < -0.4 is 0 Å². The van der Waals surface area contributed by atoms with Crippen LogP contribution in [-0.4, -0.2) is 14.8 Å². The fourth-order valence-electron chi connectivity index (χ4n) is 3.21. The van der Waals surface area contributed by atoms with Gasteiger partial charge in [-0.1, -0.05) is 87.1 Å². The van der Waals surface area contributed by atoms with E-state index in [0.717, 1.165) is 28.0 Å². The molecule has 0 unspecified atom stereocenters. The number of thioether (sulfide) groups is 1. The third kappa shape index (κ3) is 4.46. The van der Waals surface area contributed by atoms with Crippen LogP contribution in [0.2, 0.25) is 0 Å². The van der Waals surface area contributed by atoms with Crippen LogP contribution in [0, 0.1) is 5.82 Å². The Kier molecular flexibility index (Phi) is 5.73. The van der Waals surface area contributed by atoms with Crippen molar-refractivity contribution in [2.24, 2.45) is 0 Å². The molecule has 30 heavy (non-hydrogen) atoms. The van der Waals surface area contributed by atoms with Crippen LogP contribution in [0.4, 0.5) is 4.39 Å². The highest BCUT2D eigenvalue weighted by Crippen LogP contribution is 2.30. The zero-order chi connectivity index (χ0) is 21.1. The van der Waals surface area contributed by atoms with Crippen molar-refractivity contribution in [3.05, 3.63) is 95.8 Å². The smallest absolute Gasteiger partial charge is 0.196 e. The van der Waals surface area contributed by atoms with Gasteiger partial charge in [-0.2, -0.15) is 0 Å². The second-order valence-electron chi connectivity index (χ2n) is 8.22. The second-order valence-corrected chi connectivity index (χ2v) is 9.16. The van der Waals surface area contributed by atoms with Crippen LogP contribution in [0.15, 0.2) is 84.0 Å². The Labute approximate surface area is 181 Å². The topological polar surface area (TPSA) is 30.7 Å². The number of nitrogens with zero attached hydrogens (tertiary/aromatic N) is 3. The predicted molar refractivity (Wildman–Crippen MR) is 121 cm³/mol. The van der Waals surface area contributed by atoms with Crippen molar-refractivity contribution < 1.29 is 4.39 Å². The van der Waals surface area contributed by atoms with E-state index in [1.807, 2.05) is 34.9 Å². The van der Waals surface area contributed by atoms with Gasteiger partial charge < -0.3 is 0 Å². The standard InChI is InChI=1S/C25H24FN3S/c1-25(2,3)20-11-9-18(10-12-20)17-30-24-28-27-23(19-7-5-4-6-8-19)29(24)22-15-13-21(26)14-16-22/h4-16H,17H2,1-3H3. The molecule has 0 aliphatic heterocycles. The van der Waals surface area contributed by atoms with Gasteiger partial charge in [-0.15, -0.1) is 10.2 Å². The molecule has 4 rings (SSSR count). The zero-order valence-corrected chi connectivity index (χ0v) is 18.2. The molecule has 0 aliphatic carbocycles. The van der Waals surface area contributed by atoms with Crippen LogP contribution >= 0.6 is 11.8 Å². The summed E-state index contributed by atoms with van der Waals surface area (Å²) in [7, 11) is 0. The average Bonchev–Trinajstić information content (AvgIpc) is 3.17. The van der Waals surface area contributed by atoms with Crippen molar-refractivity contribution in [3.63, 3.8) is 0 Å². The summed E-state index contributed by atoms with van der Waals surface area (Å²) < 4.78 is 15.5. The van der Waals surface area contributed by atoms with Gasteiger partial charge in [-0.25, -0.2) is 4.39 Å². The average molecular weight is 418 g/mol. The van der Waals surface area contributed by atoms with Gasteiger partial charge in [0.15, 0.2) is 11.0 Å². The summed E-state index contributed by atoms with van der Waals surface area (Å²) in [6.45, 7) is 6.65. The van der Waals surface area contributed by atoms with Crippen molar-refractivity contribution >= 4 is 11.8 Å². The molecule has 0 bridgehead atoms. The summed E-state index contributed by atoms with van der Waals surface area (Å²) in [4.78, 5) is 0. The van der Waals surface area contributed by atoms with Crippen molar-refractivity contribution in [2.75, 3.05) is 0 Å². The number of hydrogen-bond acceptors (Lipinski definition) is 3. The molecule has 0 spiro atoms. The maximum absolute atomic E-state index is 13.5. The van der Waals surface area contributed by atoms with E-state index in [4.69, 9.17) is 0 Å². The molecule has 0 saturated carbocycles. The van der Waals surface area contributed by atoms with Gasteiger partial charge in [-0.3, -0.25) is 4.57 Å². The fourth-order valence-corrected chi connectivity index (χ4v) is 4.12. The van der Waals surface area contributed by atoms with Gasteiger partial charge in [0.05, 0.1) is 0 Å². The van der Waals surface area contributed by atoms with Gasteiger partial charge in [0, 0.05) is 17.0 Å². The minimum atomic E-state index is -0.263. The zero-order valence-electron chi connectivity index (χ0n) is 17.3. The molecule has 0 amide bonds. The SMILES string of the molecule is CC(C)(C)c1ccc(CSc2nnc(-c3ccccc3)n2-c2ccc(F)cc2)cc1. The highest BCUT2D eigenvalue weighted by Gasteiger charge is 2.17. The van der Waals surface area contributed by atoms with Gasteiger partial charge >= 0.3 is 0 Å². The number of benzene rings is 3. The van der Waals surface area contributed by atoms with Gasteiger partial charge in [-0.05, 0) is 40.8 Å². The molecular weight excluding hydrogens is 393 g/mol. The van der Waals surface area contributed by atoms with Gasteiger partial charge in [0.2, 0.25) is 0 Å². The van der Waals surface area contributed by atoms with Crippen LogP contribution in [0.25, 0.3) is 17.1 Å². The maximum atomic E-state index is 13.5. The molecule has 0 N–H and O–H groups in total. The monoisotopic (exact) mass is 417 g/mol.